The van der Waals surface area contributed by atoms with Crippen molar-refractivity contribution < 1.29 is 0 Å². The Balaban J connectivity index is 2.49. The van der Waals surface area contributed by atoms with Gasteiger partial charge in [0, 0.05) is 24.5 Å². The van der Waals surface area contributed by atoms with E-state index in [1.807, 2.05) is 18.2 Å². The lowest BCUT2D eigenvalue weighted by atomic mass is 10.2. The van der Waals surface area contributed by atoms with Crippen molar-refractivity contribution in [2.45, 2.75) is 6.04 Å². The number of thiophene rings is 1. The van der Waals surface area contributed by atoms with Gasteiger partial charge in [-0.25, -0.2) is 0 Å². The van der Waals surface area contributed by atoms with E-state index in [1.54, 1.807) is 11.3 Å². The van der Waals surface area contributed by atoms with Crippen molar-refractivity contribution in [1.82, 2.24) is 4.90 Å². The van der Waals surface area contributed by atoms with Crippen LogP contribution in [0.25, 0.3) is 0 Å². The van der Waals surface area contributed by atoms with E-state index in [9.17, 15) is 0 Å². The van der Waals surface area contributed by atoms with Crippen LogP contribution in [-0.2, 0) is 0 Å². The zero-order valence-corrected chi connectivity index (χ0v) is 9.75. The molecule has 15 heavy (non-hydrogen) atoms. The van der Waals surface area contributed by atoms with Crippen molar-refractivity contribution >= 4 is 11.3 Å². The first-order valence-corrected chi connectivity index (χ1v) is 5.89. The summed E-state index contributed by atoms with van der Waals surface area (Å²) < 4.78 is 0. The molecule has 0 bridgehead atoms. The highest BCUT2D eigenvalue weighted by molar-refractivity contribution is 7.10. The van der Waals surface area contributed by atoms with E-state index in [0.29, 0.717) is 0 Å². The predicted molar refractivity (Wildman–Crippen MR) is 68.1 cm³/mol. The fourth-order valence-corrected chi connectivity index (χ4v) is 2.18. The van der Waals surface area contributed by atoms with Crippen molar-refractivity contribution in [3.8, 4) is 0 Å². The van der Waals surface area contributed by atoms with Gasteiger partial charge in [-0.3, -0.25) is 4.90 Å². The van der Waals surface area contributed by atoms with Crippen LogP contribution in [-0.4, -0.2) is 24.5 Å². The summed E-state index contributed by atoms with van der Waals surface area (Å²) in [7, 11) is 0. The van der Waals surface area contributed by atoms with Crippen molar-refractivity contribution in [3.05, 3.63) is 47.7 Å². The zero-order chi connectivity index (χ0) is 11.1. The normalized spacial score (nSPS) is 12.7. The van der Waals surface area contributed by atoms with E-state index in [2.05, 4.69) is 29.5 Å². The van der Waals surface area contributed by atoms with Crippen LogP contribution in [0.5, 0.6) is 0 Å². The van der Waals surface area contributed by atoms with Gasteiger partial charge < -0.3 is 5.73 Å². The molecule has 1 heterocycles. The van der Waals surface area contributed by atoms with E-state index in [1.165, 1.54) is 4.88 Å². The van der Waals surface area contributed by atoms with Crippen molar-refractivity contribution in [2.24, 2.45) is 5.73 Å². The summed E-state index contributed by atoms with van der Waals surface area (Å²) >= 11 is 1.71. The molecule has 0 radical (unpaired) electrons. The molecule has 0 saturated heterocycles. The van der Waals surface area contributed by atoms with Gasteiger partial charge in [-0.1, -0.05) is 18.2 Å². The summed E-state index contributed by atoms with van der Waals surface area (Å²) in [4.78, 5) is 3.46. The Labute approximate surface area is 95.7 Å². The predicted octanol–water partition coefficient (Wildman–Crippen LogP) is 2.42. The van der Waals surface area contributed by atoms with Crippen LogP contribution in [0.1, 0.15) is 10.9 Å². The van der Waals surface area contributed by atoms with Crippen LogP contribution in [0.3, 0.4) is 0 Å². The zero-order valence-electron chi connectivity index (χ0n) is 8.93. The average Bonchev–Trinajstić information content (AvgIpc) is 2.71. The van der Waals surface area contributed by atoms with E-state index in [0.717, 1.165) is 19.6 Å². The van der Waals surface area contributed by atoms with Gasteiger partial charge in [0.15, 0.2) is 0 Å². The van der Waals surface area contributed by atoms with E-state index in [4.69, 9.17) is 5.73 Å². The molecule has 1 atom stereocenters. The Bertz CT molecular complexity index is 283. The maximum Gasteiger partial charge on any atom is 0.0519 e. The maximum absolute atomic E-state index is 6.10. The molecule has 2 nitrogen and oxygen atoms in total. The first kappa shape index (κ1) is 12.2. The minimum Gasteiger partial charge on any atom is -0.322 e. The maximum atomic E-state index is 6.10. The molecule has 0 aliphatic carbocycles. The fraction of sp³-hybridized carbons (Fsp3) is 0.333. The highest BCUT2D eigenvalue weighted by atomic mass is 32.1. The summed E-state index contributed by atoms with van der Waals surface area (Å²) in [6.07, 6.45) is 3.79. The second-order valence-electron chi connectivity index (χ2n) is 3.42. The summed E-state index contributed by atoms with van der Waals surface area (Å²) in [6, 6.07) is 4.20. The highest BCUT2D eigenvalue weighted by Gasteiger charge is 2.10. The molecule has 0 spiro atoms. The van der Waals surface area contributed by atoms with E-state index in [-0.39, 0.29) is 6.04 Å². The van der Waals surface area contributed by atoms with Gasteiger partial charge >= 0.3 is 0 Å². The minimum atomic E-state index is 0.0879. The average molecular weight is 222 g/mol. The molecule has 3 heteroatoms. The molecule has 0 amide bonds. The number of nitrogens with zero attached hydrogens (tertiary/aromatic N) is 1. The Kier molecular flexibility index (Phi) is 5.32. The first-order valence-electron chi connectivity index (χ1n) is 5.01. The largest absolute Gasteiger partial charge is 0.322 e. The monoisotopic (exact) mass is 222 g/mol. The molecule has 82 valence electrons. The highest BCUT2D eigenvalue weighted by Crippen LogP contribution is 2.17. The molecular weight excluding hydrogens is 204 g/mol. The molecule has 0 aliphatic rings. The minimum absolute atomic E-state index is 0.0879. The summed E-state index contributed by atoms with van der Waals surface area (Å²) in [5.41, 5.74) is 6.10. The standard InChI is InChI=1S/C12H18N2S/c1-3-7-14(8-4-2)10-11(13)12-6-5-9-15-12/h3-6,9,11H,1-2,7-8,10,13H2. The molecule has 0 aliphatic heterocycles. The van der Waals surface area contributed by atoms with Gasteiger partial charge in [0.1, 0.15) is 0 Å². The van der Waals surface area contributed by atoms with Gasteiger partial charge in [0.25, 0.3) is 0 Å². The molecule has 0 fully saturated rings. The summed E-state index contributed by atoms with van der Waals surface area (Å²) in [6.45, 7) is 10.0. The molecule has 1 aromatic rings. The van der Waals surface area contributed by atoms with Crippen LogP contribution in [0, 0.1) is 0 Å². The lowest BCUT2D eigenvalue weighted by Gasteiger charge is -2.22. The summed E-state index contributed by atoms with van der Waals surface area (Å²) in [5.74, 6) is 0. The number of nitrogens with two attached hydrogens (primary N) is 1. The van der Waals surface area contributed by atoms with Crippen molar-refractivity contribution in [2.75, 3.05) is 19.6 Å². The van der Waals surface area contributed by atoms with Crippen LogP contribution >= 0.6 is 11.3 Å². The third kappa shape index (κ3) is 4.00. The van der Waals surface area contributed by atoms with Gasteiger partial charge in [-0.05, 0) is 11.4 Å². The molecular formula is C12H18N2S. The van der Waals surface area contributed by atoms with Crippen LogP contribution < -0.4 is 5.73 Å². The molecule has 1 rings (SSSR count). The first-order chi connectivity index (χ1) is 7.27. The van der Waals surface area contributed by atoms with Crippen LogP contribution in [0.4, 0.5) is 0 Å². The second kappa shape index (κ2) is 6.56. The van der Waals surface area contributed by atoms with Crippen molar-refractivity contribution in [3.63, 3.8) is 0 Å². The molecule has 2 N–H and O–H groups in total. The van der Waals surface area contributed by atoms with Crippen LogP contribution in [0.2, 0.25) is 0 Å². The SMILES string of the molecule is C=CCN(CC=C)CC(N)c1cccs1. The number of rotatable bonds is 7. The Morgan fingerprint density at radius 2 is 2.07 bits per heavy atom. The third-order valence-corrected chi connectivity index (χ3v) is 3.14. The third-order valence-electron chi connectivity index (χ3n) is 2.14. The lowest BCUT2D eigenvalue weighted by Crippen LogP contribution is -2.32. The molecule has 1 aromatic heterocycles. The van der Waals surface area contributed by atoms with Gasteiger partial charge in [0.05, 0.1) is 6.04 Å². The van der Waals surface area contributed by atoms with E-state index < -0.39 is 0 Å². The Morgan fingerprint density at radius 3 is 2.53 bits per heavy atom. The van der Waals surface area contributed by atoms with Gasteiger partial charge in [-0.2, -0.15) is 0 Å². The Hall–Kier alpha value is -0.900. The topological polar surface area (TPSA) is 29.3 Å². The molecule has 0 aromatic carbocycles. The second-order valence-corrected chi connectivity index (χ2v) is 4.40. The quantitative estimate of drug-likeness (QED) is 0.718. The van der Waals surface area contributed by atoms with Crippen molar-refractivity contribution in [1.29, 1.82) is 0 Å². The number of hydrogen-bond acceptors (Lipinski definition) is 3. The molecule has 1 unspecified atom stereocenters. The summed E-state index contributed by atoms with van der Waals surface area (Å²) in [5, 5.41) is 2.06. The van der Waals surface area contributed by atoms with Crippen LogP contribution in [0.15, 0.2) is 42.8 Å². The Morgan fingerprint density at radius 1 is 1.40 bits per heavy atom. The smallest absolute Gasteiger partial charge is 0.0519 e. The van der Waals surface area contributed by atoms with Gasteiger partial charge in [0.2, 0.25) is 0 Å². The molecule has 0 saturated carbocycles. The fourth-order valence-electron chi connectivity index (χ4n) is 1.46. The van der Waals surface area contributed by atoms with E-state index >= 15 is 0 Å². The van der Waals surface area contributed by atoms with Gasteiger partial charge in [-0.15, -0.1) is 24.5 Å². The lowest BCUT2D eigenvalue weighted by molar-refractivity contribution is 0.314. The number of hydrogen-bond donors (Lipinski definition) is 1.